The summed E-state index contributed by atoms with van der Waals surface area (Å²) in [6.07, 6.45) is 3.85. The molecule has 0 bridgehead atoms. The average molecular weight is 176 g/mol. The predicted octanol–water partition coefficient (Wildman–Crippen LogP) is 1.14. The monoisotopic (exact) mass is 175 g/mol. The molecular weight excluding hydrogens is 162 g/mol. The highest BCUT2D eigenvalue weighted by molar-refractivity contribution is 6.18. The molecule has 0 saturated carbocycles. The lowest BCUT2D eigenvalue weighted by Gasteiger charge is -2.27. The van der Waals surface area contributed by atoms with Crippen molar-refractivity contribution in [1.29, 1.82) is 0 Å². The molecule has 2 aliphatic rings. The number of alkyl halides is 1. The van der Waals surface area contributed by atoms with Crippen LogP contribution in [0.4, 0.5) is 0 Å². The van der Waals surface area contributed by atoms with Gasteiger partial charge in [0.15, 0.2) is 0 Å². The van der Waals surface area contributed by atoms with E-state index in [9.17, 15) is 0 Å². The summed E-state index contributed by atoms with van der Waals surface area (Å²) in [7, 11) is 0. The van der Waals surface area contributed by atoms with E-state index in [1.54, 1.807) is 0 Å². The van der Waals surface area contributed by atoms with E-state index in [0.717, 1.165) is 13.2 Å². The fourth-order valence-corrected chi connectivity index (χ4v) is 2.11. The second-order valence-electron chi connectivity index (χ2n) is 3.49. The zero-order chi connectivity index (χ0) is 7.73. The third-order valence-corrected chi connectivity index (χ3v) is 3.14. The molecule has 0 amide bonds. The molecule has 11 heavy (non-hydrogen) atoms. The maximum atomic E-state index is 5.82. The number of hydrogen-bond donors (Lipinski definition) is 1. The van der Waals surface area contributed by atoms with Crippen LogP contribution in [-0.4, -0.2) is 30.7 Å². The van der Waals surface area contributed by atoms with Gasteiger partial charge in [-0.25, -0.2) is 0 Å². The predicted molar refractivity (Wildman–Crippen MR) is 45.0 cm³/mol. The van der Waals surface area contributed by atoms with E-state index >= 15 is 0 Å². The van der Waals surface area contributed by atoms with E-state index in [2.05, 4.69) is 5.32 Å². The molecule has 0 spiro atoms. The van der Waals surface area contributed by atoms with E-state index < -0.39 is 0 Å². The maximum Gasteiger partial charge on any atom is 0.120 e. The summed E-state index contributed by atoms with van der Waals surface area (Å²) < 4.78 is 5.39. The first-order valence-corrected chi connectivity index (χ1v) is 4.84. The SMILES string of the molecule is ClCC1(C2CCCCN2)CO1. The van der Waals surface area contributed by atoms with Gasteiger partial charge in [0.25, 0.3) is 0 Å². The highest BCUT2D eigenvalue weighted by atomic mass is 35.5. The fraction of sp³-hybridized carbons (Fsp3) is 1.00. The molecule has 0 aliphatic carbocycles. The number of hydrogen-bond acceptors (Lipinski definition) is 2. The lowest BCUT2D eigenvalue weighted by molar-refractivity contribution is 0.227. The Balaban J connectivity index is 1.92. The molecule has 2 nitrogen and oxygen atoms in total. The molecule has 64 valence electrons. The smallest absolute Gasteiger partial charge is 0.120 e. The third kappa shape index (κ3) is 1.40. The van der Waals surface area contributed by atoms with Crippen molar-refractivity contribution in [3.05, 3.63) is 0 Å². The minimum atomic E-state index is 0.0158. The van der Waals surface area contributed by atoms with Crippen molar-refractivity contribution in [2.45, 2.75) is 30.9 Å². The third-order valence-electron chi connectivity index (χ3n) is 2.69. The Kier molecular flexibility index (Phi) is 2.08. The van der Waals surface area contributed by atoms with Gasteiger partial charge in [0.2, 0.25) is 0 Å². The minimum Gasteiger partial charge on any atom is -0.367 e. The van der Waals surface area contributed by atoms with Crippen LogP contribution in [0, 0.1) is 0 Å². The molecule has 0 radical (unpaired) electrons. The normalized spacial score (nSPS) is 43.9. The van der Waals surface area contributed by atoms with E-state index in [-0.39, 0.29) is 5.60 Å². The standard InChI is InChI=1S/C8H14ClNO/c9-5-8(6-11-8)7-3-1-2-4-10-7/h7,10H,1-6H2. The fourth-order valence-electron chi connectivity index (χ4n) is 1.77. The van der Waals surface area contributed by atoms with Crippen molar-refractivity contribution in [3.8, 4) is 0 Å². The molecule has 0 aromatic heterocycles. The number of piperidine rings is 1. The first-order valence-electron chi connectivity index (χ1n) is 4.31. The Bertz CT molecular complexity index is 141. The summed E-state index contributed by atoms with van der Waals surface area (Å²) >= 11 is 5.82. The summed E-state index contributed by atoms with van der Waals surface area (Å²) in [4.78, 5) is 0. The number of nitrogens with one attached hydrogen (secondary N) is 1. The van der Waals surface area contributed by atoms with Crippen LogP contribution >= 0.6 is 11.6 Å². The molecule has 2 aliphatic heterocycles. The average Bonchev–Trinajstić information content (AvgIpc) is 2.86. The van der Waals surface area contributed by atoms with Crippen molar-refractivity contribution in [2.24, 2.45) is 0 Å². The number of halogens is 1. The zero-order valence-electron chi connectivity index (χ0n) is 6.61. The summed E-state index contributed by atoms with van der Waals surface area (Å²) in [6, 6.07) is 0.522. The molecular formula is C8H14ClNO. The van der Waals surface area contributed by atoms with Crippen molar-refractivity contribution in [2.75, 3.05) is 19.0 Å². The van der Waals surface area contributed by atoms with Crippen LogP contribution in [0.3, 0.4) is 0 Å². The molecule has 2 unspecified atom stereocenters. The van der Waals surface area contributed by atoms with Crippen molar-refractivity contribution in [1.82, 2.24) is 5.32 Å². The topological polar surface area (TPSA) is 24.6 Å². The van der Waals surface area contributed by atoms with Gasteiger partial charge in [-0.3, -0.25) is 0 Å². The quantitative estimate of drug-likeness (QED) is 0.503. The molecule has 3 heteroatoms. The number of epoxide rings is 1. The Labute approximate surface area is 72.2 Å². The van der Waals surface area contributed by atoms with Gasteiger partial charge < -0.3 is 10.1 Å². The maximum absolute atomic E-state index is 5.82. The second-order valence-corrected chi connectivity index (χ2v) is 3.76. The van der Waals surface area contributed by atoms with E-state index in [0.29, 0.717) is 11.9 Å². The molecule has 2 saturated heterocycles. The highest BCUT2D eigenvalue weighted by Crippen LogP contribution is 2.35. The van der Waals surface area contributed by atoms with Crippen LogP contribution in [-0.2, 0) is 4.74 Å². The molecule has 2 atom stereocenters. The molecule has 1 N–H and O–H groups in total. The number of ether oxygens (including phenoxy) is 1. The Morgan fingerprint density at radius 3 is 2.82 bits per heavy atom. The highest BCUT2D eigenvalue weighted by Gasteiger charge is 2.50. The van der Waals surface area contributed by atoms with Gasteiger partial charge in [-0.15, -0.1) is 11.6 Å². The number of rotatable bonds is 2. The summed E-state index contributed by atoms with van der Waals surface area (Å²) in [5, 5.41) is 3.46. The van der Waals surface area contributed by atoms with Gasteiger partial charge in [0, 0.05) is 6.04 Å². The largest absolute Gasteiger partial charge is 0.367 e. The van der Waals surface area contributed by atoms with Crippen molar-refractivity contribution in [3.63, 3.8) is 0 Å². The Morgan fingerprint density at radius 2 is 2.36 bits per heavy atom. The lowest BCUT2D eigenvalue weighted by Crippen LogP contribution is -2.46. The van der Waals surface area contributed by atoms with Gasteiger partial charge in [-0.2, -0.15) is 0 Å². The molecule has 2 fully saturated rings. The van der Waals surface area contributed by atoms with Crippen LogP contribution in [0.15, 0.2) is 0 Å². The summed E-state index contributed by atoms with van der Waals surface area (Å²) in [6.45, 7) is 1.99. The van der Waals surface area contributed by atoms with E-state index in [1.807, 2.05) is 0 Å². The Morgan fingerprint density at radius 1 is 1.55 bits per heavy atom. The van der Waals surface area contributed by atoms with E-state index in [1.165, 1.54) is 19.3 Å². The first-order chi connectivity index (χ1) is 5.37. The summed E-state index contributed by atoms with van der Waals surface area (Å²) in [5.74, 6) is 0.644. The van der Waals surface area contributed by atoms with Crippen LogP contribution in [0.1, 0.15) is 19.3 Å². The van der Waals surface area contributed by atoms with Gasteiger partial charge in [-0.1, -0.05) is 6.42 Å². The first kappa shape index (κ1) is 7.84. The van der Waals surface area contributed by atoms with Gasteiger partial charge in [-0.05, 0) is 19.4 Å². The lowest BCUT2D eigenvalue weighted by atomic mass is 9.94. The molecule has 0 aromatic carbocycles. The van der Waals surface area contributed by atoms with Crippen LogP contribution < -0.4 is 5.32 Å². The molecule has 0 aromatic rings. The van der Waals surface area contributed by atoms with Crippen LogP contribution in [0.25, 0.3) is 0 Å². The molecule has 2 rings (SSSR count). The van der Waals surface area contributed by atoms with Gasteiger partial charge >= 0.3 is 0 Å². The molecule has 2 heterocycles. The summed E-state index contributed by atoms with van der Waals surface area (Å²) in [5.41, 5.74) is 0.0158. The van der Waals surface area contributed by atoms with E-state index in [4.69, 9.17) is 16.3 Å². The minimum absolute atomic E-state index is 0.0158. The zero-order valence-corrected chi connectivity index (χ0v) is 7.36. The second kappa shape index (κ2) is 2.92. The Hall–Kier alpha value is 0.210. The van der Waals surface area contributed by atoms with Crippen LogP contribution in [0.5, 0.6) is 0 Å². The van der Waals surface area contributed by atoms with Crippen molar-refractivity contribution < 1.29 is 4.74 Å². The van der Waals surface area contributed by atoms with Gasteiger partial charge in [0.05, 0.1) is 12.5 Å². The van der Waals surface area contributed by atoms with Crippen LogP contribution in [0.2, 0.25) is 0 Å². The van der Waals surface area contributed by atoms with Gasteiger partial charge in [0.1, 0.15) is 5.60 Å². The van der Waals surface area contributed by atoms with Crippen molar-refractivity contribution >= 4 is 11.6 Å².